The third kappa shape index (κ3) is 4.23. The van der Waals surface area contributed by atoms with E-state index in [0.29, 0.717) is 22.1 Å². The van der Waals surface area contributed by atoms with Crippen molar-refractivity contribution < 1.29 is 24.2 Å². The molecule has 0 saturated carbocycles. The van der Waals surface area contributed by atoms with Gasteiger partial charge in [0.25, 0.3) is 0 Å². The Morgan fingerprint density at radius 3 is 2.09 bits per heavy atom. The van der Waals surface area contributed by atoms with E-state index in [1.54, 1.807) is 24.3 Å². The first-order valence-electron chi connectivity index (χ1n) is 6.43. The van der Waals surface area contributed by atoms with Crippen LogP contribution in [0.2, 0.25) is 5.02 Å². The molecule has 2 rings (SSSR count). The summed E-state index contributed by atoms with van der Waals surface area (Å²) in [7, 11) is 0. The van der Waals surface area contributed by atoms with Crippen molar-refractivity contribution >= 4 is 23.5 Å². The Bertz CT molecular complexity index is 664. The lowest BCUT2D eigenvalue weighted by Gasteiger charge is -2.10. The fraction of sp³-hybridized carbons (Fsp3) is 0.125. The van der Waals surface area contributed by atoms with Crippen molar-refractivity contribution in [1.29, 1.82) is 0 Å². The third-order valence-corrected chi connectivity index (χ3v) is 3.03. The molecule has 0 aliphatic carbocycles. The number of ether oxygens (including phenoxy) is 2. The molecule has 0 saturated heterocycles. The minimum absolute atomic E-state index is 0.329. The van der Waals surface area contributed by atoms with Crippen molar-refractivity contribution in [2.45, 2.75) is 13.0 Å². The number of carbonyl (C=O) groups is 2. The van der Waals surface area contributed by atoms with Gasteiger partial charge in [-0.2, -0.15) is 0 Å². The van der Waals surface area contributed by atoms with Crippen LogP contribution >= 0.6 is 11.6 Å². The summed E-state index contributed by atoms with van der Waals surface area (Å²) < 4.78 is 10.4. The third-order valence-electron chi connectivity index (χ3n) is 2.77. The second kappa shape index (κ2) is 6.95. The van der Waals surface area contributed by atoms with E-state index in [-0.39, 0.29) is 0 Å². The van der Waals surface area contributed by atoms with Crippen molar-refractivity contribution in [3.63, 3.8) is 0 Å². The summed E-state index contributed by atoms with van der Waals surface area (Å²) in [4.78, 5) is 22.6. The van der Waals surface area contributed by atoms with Gasteiger partial charge in [0.15, 0.2) is 6.10 Å². The number of hydrogen-bond acceptors (Lipinski definition) is 4. The minimum atomic E-state index is -1.06. The van der Waals surface area contributed by atoms with E-state index in [4.69, 9.17) is 26.2 Å². The van der Waals surface area contributed by atoms with Gasteiger partial charge in [0, 0.05) is 5.02 Å². The lowest BCUT2D eigenvalue weighted by Crippen LogP contribution is -2.22. The van der Waals surface area contributed by atoms with Crippen LogP contribution in [-0.4, -0.2) is 23.1 Å². The number of aliphatic carboxylic acids is 1. The Hall–Kier alpha value is -2.53. The van der Waals surface area contributed by atoms with Crippen LogP contribution in [0, 0.1) is 0 Å². The van der Waals surface area contributed by atoms with Crippen LogP contribution in [-0.2, 0) is 4.79 Å². The predicted molar refractivity (Wildman–Crippen MR) is 80.6 cm³/mol. The SMILES string of the molecule is C[C@@H](Oc1ccc(OC(=O)c2ccc(Cl)cc2)cc1)C(=O)O. The van der Waals surface area contributed by atoms with Gasteiger partial charge in [0.1, 0.15) is 11.5 Å². The summed E-state index contributed by atoms with van der Waals surface area (Å²) in [6.45, 7) is 1.43. The molecule has 0 amide bonds. The van der Waals surface area contributed by atoms with E-state index in [0.717, 1.165) is 0 Å². The van der Waals surface area contributed by atoms with Crippen molar-refractivity contribution in [3.8, 4) is 11.5 Å². The highest BCUT2D eigenvalue weighted by atomic mass is 35.5. The Morgan fingerprint density at radius 1 is 1.00 bits per heavy atom. The van der Waals surface area contributed by atoms with Crippen molar-refractivity contribution in [3.05, 3.63) is 59.1 Å². The summed E-state index contributed by atoms with van der Waals surface area (Å²) in [5.74, 6) is -0.862. The Morgan fingerprint density at radius 2 is 1.55 bits per heavy atom. The molecule has 0 aromatic heterocycles. The highest BCUT2D eigenvalue weighted by Crippen LogP contribution is 2.20. The molecule has 0 unspecified atom stereocenters. The normalized spacial score (nSPS) is 11.5. The number of carboxylic acids is 1. The molecule has 114 valence electrons. The van der Waals surface area contributed by atoms with Gasteiger partial charge in [-0.15, -0.1) is 0 Å². The van der Waals surface area contributed by atoms with E-state index in [1.807, 2.05) is 0 Å². The topological polar surface area (TPSA) is 72.8 Å². The van der Waals surface area contributed by atoms with E-state index in [9.17, 15) is 9.59 Å². The van der Waals surface area contributed by atoms with Crippen molar-refractivity contribution in [2.75, 3.05) is 0 Å². The molecular formula is C16H13ClO5. The maximum atomic E-state index is 11.9. The van der Waals surface area contributed by atoms with Crippen LogP contribution in [0.15, 0.2) is 48.5 Å². The van der Waals surface area contributed by atoms with Crippen LogP contribution < -0.4 is 9.47 Å². The van der Waals surface area contributed by atoms with Gasteiger partial charge in [-0.05, 0) is 55.5 Å². The van der Waals surface area contributed by atoms with Crippen LogP contribution in [0.5, 0.6) is 11.5 Å². The van der Waals surface area contributed by atoms with Crippen LogP contribution in [0.25, 0.3) is 0 Å². The van der Waals surface area contributed by atoms with Gasteiger partial charge < -0.3 is 14.6 Å². The summed E-state index contributed by atoms with van der Waals surface area (Å²) in [6.07, 6.45) is -0.956. The number of rotatable bonds is 5. The fourth-order valence-electron chi connectivity index (χ4n) is 1.59. The molecule has 0 heterocycles. The summed E-state index contributed by atoms with van der Waals surface area (Å²) in [5.41, 5.74) is 0.379. The van der Waals surface area contributed by atoms with Crippen molar-refractivity contribution in [2.24, 2.45) is 0 Å². The standard InChI is InChI=1S/C16H13ClO5/c1-10(15(18)19)21-13-6-8-14(9-7-13)22-16(20)11-2-4-12(17)5-3-11/h2-10H,1H3,(H,18,19)/t10-/m1/s1. The van der Waals surface area contributed by atoms with Crippen LogP contribution in [0.1, 0.15) is 17.3 Å². The molecule has 2 aromatic rings. The lowest BCUT2D eigenvalue weighted by molar-refractivity contribution is -0.144. The Kier molecular flexibility index (Phi) is 5.01. The average Bonchev–Trinajstić information content (AvgIpc) is 2.49. The largest absolute Gasteiger partial charge is 0.479 e. The first-order chi connectivity index (χ1) is 10.5. The van der Waals surface area contributed by atoms with Gasteiger partial charge in [0.2, 0.25) is 0 Å². The number of esters is 1. The van der Waals surface area contributed by atoms with Crippen molar-refractivity contribution in [1.82, 2.24) is 0 Å². The molecule has 1 N–H and O–H groups in total. The second-order valence-corrected chi connectivity index (χ2v) is 4.90. The Labute approximate surface area is 132 Å². The van der Waals surface area contributed by atoms with Gasteiger partial charge >= 0.3 is 11.9 Å². The monoisotopic (exact) mass is 320 g/mol. The van der Waals surface area contributed by atoms with Gasteiger partial charge in [-0.3, -0.25) is 0 Å². The zero-order chi connectivity index (χ0) is 16.1. The first kappa shape index (κ1) is 15.9. The molecule has 0 aliphatic heterocycles. The lowest BCUT2D eigenvalue weighted by atomic mass is 10.2. The molecule has 6 heteroatoms. The van der Waals surface area contributed by atoms with E-state index < -0.39 is 18.0 Å². The number of hydrogen-bond donors (Lipinski definition) is 1. The molecule has 22 heavy (non-hydrogen) atoms. The van der Waals surface area contributed by atoms with Gasteiger partial charge in [0.05, 0.1) is 5.56 Å². The molecular weight excluding hydrogens is 308 g/mol. The first-order valence-corrected chi connectivity index (χ1v) is 6.81. The maximum Gasteiger partial charge on any atom is 0.344 e. The predicted octanol–water partition coefficient (Wildman–Crippen LogP) is 3.41. The molecule has 0 fully saturated rings. The highest BCUT2D eigenvalue weighted by Gasteiger charge is 2.13. The number of carbonyl (C=O) groups excluding carboxylic acids is 1. The average molecular weight is 321 g/mol. The molecule has 2 aromatic carbocycles. The zero-order valence-electron chi connectivity index (χ0n) is 11.7. The smallest absolute Gasteiger partial charge is 0.344 e. The minimum Gasteiger partial charge on any atom is -0.479 e. The van der Waals surface area contributed by atoms with Gasteiger partial charge in [-0.1, -0.05) is 11.6 Å². The molecule has 0 radical (unpaired) electrons. The van der Waals surface area contributed by atoms with E-state index in [1.165, 1.54) is 31.2 Å². The molecule has 1 atom stereocenters. The second-order valence-electron chi connectivity index (χ2n) is 4.47. The summed E-state index contributed by atoms with van der Waals surface area (Å²) in [6, 6.07) is 12.4. The van der Waals surface area contributed by atoms with Crippen LogP contribution in [0.3, 0.4) is 0 Å². The number of carboxylic acid groups (broad SMARTS) is 1. The van der Waals surface area contributed by atoms with E-state index in [2.05, 4.69) is 0 Å². The highest BCUT2D eigenvalue weighted by molar-refractivity contribution is 6.30. The number of benzene rings is 2. The molecule has 0 bridgehead atoms. The zero-order valence-corrected chi connectivity index (χ0v) is 12.4. The summed E-state index contributed by atoms with van der Waals surface area (Å²) in [5, 5.41) is 9.29. The maximum absolute atomic E-state index is 11.9. The fourth-order valence-corrected chi connectivity index (χ4v) is 1.72. The molecule has 5 nitrogen and oxygen atoms in total. The van der Waals surface area contributed by atoms with E-state index >= 15 is 0 Å². The number of halogens is 1. The van der Waals surface area contributed by atoms with Gasteiger partial charge in [-0.25, -0.2) is 9.59 Å². The quantitative estimate of drug-likeness (QED) is 0.675. The summed E-state index contributed by atoms with van der Waals surface area (Å²) >= 11 is 5.75. The Balaban J connectivity index is 2.00. The molecule has 0 spiro atoms. The molecule has 0 aliphatic rings. The van der Waals surface area contributed by atoms with Crippen LogP contribution in [0.4, 0.5) is 0 Å².